The summed E-state index contributed by atoms with van der Waals surface area (Å²) in [5, 5.41) is 3.39. The minimum Gasteiger partial charge on any atom is -0.486 e. The van der Waals surface area contributed by atoms with Gasteiger partial charge >= 0.3 is 5.63 Å². The van der Waals surface area contributed by atoms with Gasteiger partial charge in [-0.3, -0.25) is 4.79 Å². The molecule has 2 aromatic carbocycles. The van der Waals surface area contributed by atoms with Crippen LogP contribution in [0.15, 0.2) is 51.7 Å². The molecule has 1 aliphatic heterocycles. The van der Waals surface area contributed by atoms with Crippen molar-refractivity contribution in [2.75, 3.05) is 18.5 Å². The lowest BCUT2D eigenvalue weighted by Gasteiger charge is -2.18. The van der Waals surface area contributed by atoms with Gasteiger partial charge in [-0.2, -0.15) is 0 Å². The molecule has 1 N–H and O–H groups in total. The van der Waals surface area contributed by atoms with E-state index in [1.165, 1.54) is 0 Å². The number of hydrogen-bond donors (Lipinski definition) is 1. The molecule has 0 saturated heterocycles. The maximum Gasteiger partial charge on any atom is 0.349 e. The van der Waals surface area contributed by atoms with E-state index in [1.54, 1.807) is 30.3 Å². The monoisotopic (exact) mass is 337 g/mol. The van der Waals surface area contributed by atoms with Gasteiger partial charge in [0.1, 0.15) is 24.4 Å². The third-order valence-corrected chi connectivity index (χ3v) is 3.93. The van der Waals surface area contributed by atoms with Crippen LogP contribution >= 0.6 is 0 Å². The van der Waals surface area contributed by atoms with Crippen LogP contribution in [-0.4, -0.2) is 19.1 Å². The molecular weight excluding hydrogens is 322 g/mol. The highest BCUT2D eigenvalue weighted by Crippen LogP contribution is 2.32. The Morgan fingerprint density at radius 3 is 2.64 bits per heavy atom. The summed E-state index contributed by atoms with van der Waals surface area (Å²) in [5.74, 6) is 0.656. The third-order valence-electron chi connectivity index (χ3n) is 3.93. The van der Waals surface area contributed by atoms with Crippen molar-refractivity contribution in [1.82, 2.24) is 0 Å². The number of amides is 1. The van der Waals surface area contributed by atoms with Crippen molar-refractivity contribution in [2.45, 2.75) is 6.92 Å². The average Bonchev–Trinajstić information content (AvgIpc) is 2.61. The molecule has 0 aliphatic carbocycles. The number of carbonyl (C=O) groups excluding carboxylic acids is 1. The molecule has 2 heterocycles. The fraction of sp³-hybridized carbons (Fsp3) is 0.158. The van der Waals surface area contributed by atoms with Crippen LogP contribution in [0, 0.1) is 6.92 Å². The van der Waals surface area contributed by atoms with E-state index in [0.717, 1.165) is 5.56 Å². The summed E-state index contributed by atoms with van der Waals surface area (Å²) in [6.07, 6.45) is 0. The fourth-order valence-electron chi connectivity index (χ4n) is 2.72. The van der Waals surface area contributed by atoms with Crippen LogP contribution in [0.2, 0.25) is 0 Å². The molecule has 0 saturated carbocycles. The highest BCUT2D eigenvalue weighted by molar-refractivity contribution is 6.05. The fourth-order valence-corrected chi connectivity index (χ4v) is 2.72. The van der Waals surface area contributed by atoms with Gasteiger partial charge in [0.2, 0.25) is 0 Å². The summed E-state index contributed by atoms with van der Waals surface area (Å²) in [5.41, 5.74) is 1.25. The SMILES string of the molecule is Cc1ccc2oc(=O)c(C(=O)Nc3ccc4c(c3)OCCO4)cc2c1. The van der Waals surface area contributed by atoms with Gasteiger partial charge in [-0.25, -0.2) is 4.79 Å². The molecule has 0 fully saturated rings. The van der Waals surface area contributed by atoms with E-state index >= 15 is 0 Å². The number of hydrogen-bond acceptors (Lipinski definition) is 5. The van der Waals surface area contributed by atoms with Gasteiger partial charge in [0.15, 0.2) is 11.5 Å². The maximum atomic E-state index is 12.5. The van der Waals surface area contributed by atoms with E-state index in [0.29, 0.717) is 41.4 Å². The Kier molecular flexibility index (Phi) is 3.65. The van der Waals surface area contributed by atoms with E-state index < -0.39 is 11.5 Å². The van der Waals surface area contributed by atoms with Crippen molar-refractivity contribution < 1.29 is 18.7 Å². The second-order valence-electron chi connectivity index (χ2n) is 5.80. The number of anilines is 1. The summed E-state index contributed by atoms with van der Waals surface area (Å²) in [6, 6.07) is 12.0. The van der Waals surface area contributed by atoms with Gasteiger partial charge in [-0.1, -0.05) is 11.6 Å². The molecule has 0 unspecified atom stereocenters. The molecule has 25 heavy (non-hydrogen) atoms. The topological polar surface area (TPSA) is 77.8 Å². The largest absolute Gasteiger partial charge is 0.486 e. The van der Waals surface area contributed by atoms with Gasteiger partial charge in [-0.15, -0.1) is 0 Å². The van der Waals surface area contributed by atoms with Crippen molar-refractivity contribution in [3.05, 3.63) is 64.0 Å². The second kappa shape index (κ2) is 5.98. The van der Waals surface area contributed by atoms with Gasteiger partial charge in [0, 0.05) is 17.1 Å². The van der Waals surface area contributed by atoms with E-state index in [-0.39, 0.29) is 5.56 Å². The number of carbonyl (C=O) groups is 1. The molecular formula is C19H15NO5. The zero-order valence-corrected chi connectivity index (χ0v) is 13.5. The summed E-state index contributed by atoms with van der Waals surface area (Å²) in [4.78, 5) is 24.6. The van der Waals surface area contributed by atoms with Crippen molar-refractivity contribution in [3.8, 4) is 11.5 Å². The summed E-state index contributed by atoms with van der Waals surface area (Å²) < 4.78 is 16.2. The normalized spacial score (nSPS) is 12.8. The van der Waals surface area contributed by atoms with Crippen LogP contribution in [0.3, 0.4) is 0 Å². The average molecular weight is 337 g/mol. The molecule has 0 spiro atoms. The van der Waals surface area contributed by atoms with Crippen molar-refractivity contribution in [2.24, 2.45) is 0 Å². The molecule has 6 nitrogen and oxygen atoms in total. The predicted molar refractivity (Wildman–Crippen MR) is 92.6 cm³/mol. The van der Waals surface area contributed by atoms with Gasteiger partial charge in [0.05, 0.1) is 0 Å². The molecule has 4 rings (SSSR count). The second-order valence-corrected chi connectivity index (χ2v) is 5.80. The lowest BCUT2D eigenvalue weighted by molar-refractivity contribution is 0.102. The van der Waals surface area contributed by atoms with Crippen LogP contribution in [-0.2, 0) is 0 Å². The highest BCUT2D eigenvalue weighted by Gasteiger charge is 2.16. The van der Waals surface area contributed by atoms with Crippen molar-refractivity contribution in [1.29, 1.82) is 0 Å². The van der Waals surface area contributed by atoms with Gasteiger partial charge in [0.25, 0.3) is 5.91 Å². The number of benzene rings is 2. The van der Waals surface area contributed by atoms with Crippen LogP contribution in [0.5, 0.6) is 11.5 Å². The number of ether oxygens (including phenoxy) is 2. The Bertz CT molecular complexity index is 1040. The molecule has 0 radical (unpaired) electrons. The molecule has 1 aliphatic rings. The molecule has 126 valence electrons. The Balaban J connectivity index is 1.66. The summed E-state index contributed by atoms with van der Waals surface area (Å²) in [7, 11) is 0. The Hall–Kier alpha value is -3.28. The van der Waals surface area contributed by atoms with Crippen molar-refractivity contribution >= 4 is 22.6 Å². The minimum absolute atomic E-state index is 0.0482. The molecule has 1 aromatic heterocycles. The maximum absolute atomic E-state index is 12.5. The first-order valence-electron chi connectivity index (χ1n) is 7.86. The van der Waals surface area contributed by atoms with E-state index in [2.05, 4.69) is 5.32 Å². The zero-order chi connectivity index (χ0) is 17.4. The molecule has 0 atom stereocenters. The lowest BCUT2D eigenvalue weighted by atomic mass is 10.1. The van der Waals surface area contributed by atoms with E-state index in [4.69, 9.17) is 13.9 Å². The summed E-state index contributed by atoms with van der Waals surface area (Å²) in [6.45, 7) is 2.88. The third kappa shape index (κ3) is 2.94. The smallest absolute Gasteiger partial charge is 0.349 e. The first kappa shape index (κ1) is 15.3. The first-order chi connectivity index (χ1) is 12.1. The van der Waals surface area contributed by atoms with Gasteiger partial charge < -0.3 is 19.2 Å². The minimum atomic E-state index is -0.675. The molecule has 6 heteroatoms. The lowest BCUT2D eigenvalue weighted by Crippen LogP contribution is -2.21. The first-order valence-corrected chi connectivity index (χ1v) is 7.86. The molecule has 0 bridgehead atoms. The highest BCUT2D eigenvalue weighted by atomic mass is 16.6. The van der Waals surface area contributed by atoms with E-state index in [9.17, 15) is 9.59 Å². The molecule has 3 aromatic rings. The number of aryl methyl sites for hydroxylation is 1. The molecule has 1 amide bonds. The number of fused-ring (bicyclic) bond motifs is 2. The van der Waals surface area contributed by atoms with Crippen LogP contribution in [0.4, 0.5) is 5.69 Å². The Morgan fingerprint density at radius 1 is 1.00 bits per heavy atom. The van der Waals surface area contributed by atoms with Crippen LogP contribution < -0.4 is 20.4 Å². The Morgan fingerprint density at radius 2 is 1.80 bits per heavy atom. The Labute approximate surface area is 143 Å². The van der Waals surface area contributed by atoms with Gasteiger partial charge in [-0.05, 0) is 37.3 Å². The van der Waals surface area contributed by atoms with Crippen LogP contribution in [0.1, 0.15) is 15.9 Å². The number of rotatable bonds is 2. The predicted octanol–water partition coefficient (Wildman–Crippen LogP) is 3.12. The van der Waals surface area contributed by atoms with Crippen molar-refractivity contribution in [3.63, 3.8) is 0 Å². The van der Waals surface area contributed by atoms with Crippen LogP contribution in [0.25, 0.3) is 11.0 Å². The number of nitrogens with one attached hydrogen (secondary N) is 1. The zero-order valence-electron chi connectivity index (χ0n) is 13.5. The standard InChI is InChI=1S/C19H15NO5/c1-11-2-4-15-12(8-11)9-14(19(22)25-15)18(21)20-13-3-5-16-17(10-13)24-7-6-23-16/h2-5,8-10H,6-7H2,1H3,(H,20,21). The van der Waals surface area contributed by atoms with E-state index in [1.807, 2.05) is 19.1 Å². The quantitative estimate of drug-likeness (QED) is 0.727. The summed E-state index contributed by atoms with van der Waals surface area (Å²) >= 11 is 0.